The average Bonchev–Trinajstić information content (AvgIpc) is 3.63. The van der Waals surface area contributed by atoms with Crippen molar-refractivity contribution in [2.24, 2.45) is 22.7 Å². The Bertz CT molecular complexity index is 2580. The molecule has 348 valence electrons. The number of rotatable bonds is 18. The molecule has 2 aromatic heterocycles. The number of ether oxygens (including phenoxy) is 2. The first-order valence-corrected chi connectivity index (χ1v) is 22.4. The number of nitrogens with one attached hydrogen (secondary N) is 4. The van der Waals surface area contributed by atoms with Gasteiger partial charge in [-0.1, -0.05) is 96.1 Å². The number of aromatic amines is 2. The summed E-state index contributed by atoms with van der Waals surface area (Å²) in [6.07, 6.45) is 6.28. The summed E-state index contributed by atoms with van der Waals surface area (Å²) in [5.74, 6) is 0.454. The van der Waals surface area contributed by atoms with Gasteiger partial charge >= 0.3 is 12.2 Å². The van der Waals surface area contributed by atoms with E-state index in [4.69, 9.17) is 9.47 Å². The van der Waals surface area contributed by atoms with E-state index in [1.54, 1.807) is 22.2 Å². The number of nitrogens with zero attached hydrogens (tertiary/aromatic N) is 5. The largest absolute Gasteiger partial charge is 0.453 e. The highest BCUT2D eigenvalue weighted by Crippen LogP contribution is 2.47. The fourth-order valence-electron chi connectivity index (χ4n) is 8.11. The van der Waals surface area contributed by atoms with Crippen LogP contribution < -0.4 is 10.6 Å². The van der Waals surface area contributed by atoms with Crippen LogP contribution in [-0.2, 0) is 25.6 Å². The number of imidazole rings is 2. The Morgan fingerprint density at radius 1 is 0.833 bits per heavy atom. The molecule has 0 radical (unpaired) electrons. The number of fused-ring (bicyclic) bond motifs is 1. The normalized spacial score (nSPS) is 14.9. The van der Waals surface area contributed by atoms with E-state index < -0.39 is 35.7 Å². The van der Waals surface area contributed by atoms with Gasteiger partial charge in [-0.3, -0.25) is 9.59 Å². The Kier molecular flexibility index (Phi) is 15.1. The van der Waals surface area contributed by atoms with Gasteiger partial charge in [-0.25, -0.2) is 19.6 Å². The van der Waals surface area contributed by atoms with E-state index in [-0.39, 0.29) is 42.0 Å². The first-order chi connectivity index (χ1) is 31.4. The van der Waals surface area contributed by atoms with Crippen LogP contribution in [0.15, 0.2) is 85.7 Å². The van der Waals surface area contributed by atoms with Crippen molar-refractivity contribution in [3.05, 3.63) is 97.4 Å². The molecule has 0 bridgehead atoms. The van der Waals surface area contributed by atoms with Crippen molar-refractivity contribution in [1.29, 1.82) is 5.26 Å². The third-order valence-corrected chi connectivity index (χ3v) is 12.4. The summed E-state index contributed by atoms with van der Waals surface area (Å²) < 4.78 is 9.65. The molecule has 0 aliphatic heterocycles. The minimum atomic E-state index is -0.877. The van der Waals surface area contributed by atoms with Crippen molar-refractivity contribution >= 4 is 34.8 Å². The Morgan fingerprint density at radius 3 is 2.00 bits per heavy atom. The highest BCUT2D eigenvalue weighted by molar-refractivity contribution is 5.91. The van der Waals surface area contributed by atoms with Crippen molar-refractivity contribution in [3.8, 4) is 39.7 Å². The highest BCUT2D eigenvalue weighted by atomic mass is 16.5. The number of alkyl carbamates (subject to hydrolysis) is 2. The lowest BCUT2D eigenvalue weighted by Gasteiger charge is -2.37. The van der Waals surface area contributed by atoms with Crippen molar-refractivity contribution in [1.82, 2.24) is 40.4 Å². The van der Waals surface area contributed by atoms with E-state index in [2.05, 4.69) is 91.7 Å². The molecule has 3 aromatic carbocycles. The van der Waals surface area contributed by atoms with E-state index in [0.29, 0.717) is 24.7 Å². The van der Waals surface area contributed by atoms with Crippen LogP contribution >= 0.6 is 0 Å². The SMILES string of the molecule is C=CC1(CN(Cc2ncc(-c3ccc4cc(-c5ccc(-c6cnc([C@H](C)N(C[C@H](C)CC#N)C(=O)[C@@H](NC(=O)OC)C(C)(C)C)[nH]6)cc5)ccc4c3)[nH]2)C(=O)[C@@H](NC(=O)OC)C(C)C)CC1. The van der Waals surface area contributed by atoms with Gasteiger partial charge in [-0.15, -0.1) is 6.58 Å². The van der Waals surface area contributed by atoms with Crippen LogP contribution in [0.2, 0.25) is 0 Å². The highest BCUT2D eigenvalue weighted by Gasteiger charge is 2.44. The predicted octanol–water partition coefficient (Wildman–Crippen LogP) is 9.17. The molecule has 4 N–H and O–H groups in total. The summed E-state index contributed by atoms with van der Waals surface area (Å²) >= 11 is 0. The van der Waals surface area contributed by atoms with Gasteiger partial charge in [0, 0.05) is 30.5 Å². The summed E-state index contributed by atoms with van der Waals surface area (Å²) in [5, 5.41) is 16.9. The quantitative estimate of drug-likeness (QED) is 0.0620. The molecule has 1 aliphatic rings. The fraction of sp³-hybridized carbons (Fsp3) is 0.431. The zero-order chi connectivity index (χ0) is 47.9. The molecule has 1 saturated carbocycles. The van der Waals surface area contributed by atoms with Gasteiger partial charge in [-0.2, -0.15) is 5.26 Å². The van der Waals surface area contributed by atoms with E-state index in [1.807, 2.05) is 66.7 Å². The Hall–Kier alpha value is -6.95. The molecular formula is C51H63N9O6. The number of methoxy groups -OCH3 is 2. The molecule has 5 aromatic rings. The predicted molar refractivity (Wildman–Crippen MR) is 254 cm³/mol. The maximum Gasteiger partial charge on any atom is 0.407 e. The summed E-state index contributed by atoms with van der Waals surface area (Å²) in [5.41, 5.74) is 4.81. The van der Waals surface area contributed by atoms with Gasteiger partial charge in [0.25, 0.3) is 0 Å². The molecule has 4 atom stereocenters. The summed E-state index contributed by atoms with van der Waals surface area (Å²) in [6.45, 7) is 18.3. The Morgan fingerprint density at radius 2 is 1.41 bits per heavy atom. The van der Waals surface area contributed by atoms with Crippen LogP contribution in [0, 0.1) is 34.0 Å². The van der Waals surface area contributed by atoms with Gasteiger partial charge in [0.15, 0.2) is 0 Å². The lowest BCUT2D eigenvalue weighted by molar-refractivity contribution is -0.139. The molecule has 1 fully saturated rings. The molecule has 15 heteroatoms. The Balaban J connectivity index is 1.16. The molecule has 66 heavy (non-hydrogen) atoms. The molecule has 0 saturated heterocycles. The van der Waals surface area contributed by atoms with Crippen molar-refractivity contribution < 1.29 is 28.7 Å². The number of benzene rings is 3. The minimum Gasteiger partial charge on any atom is -0.453 e. The number of amides is 4. The monoisotopic (exact) mass is 897 g/mol. The van der Waals surface area contributed by atoms with E-state index in [0.717, 1.165) is 57.3 Å². The third kappa shape index (κ3) is 11.5. The topological polar surface area (TPSA) is 198 Å². The van der Waals surface area contributed by atoms with Crippen LogP contribution in [-0.4, -0.2) is 93.1 Å². The maximum atomic E-state index is 14.2. The lowest BCUT2D eigenvalue weighted by Crippen LogP contribution is -2.55. The average molecular weight is 898 g/mol. The second-order valence-electron chi connectivity index (χ2n) is 19.0. The van der Waals surface area contributed by atoms with Crippen LogP contribution in [0.4, 0.5) is 9.59 Å². The van der Waals surface area contributed by atoms with Crippen molar-refractivity contribution in [2.75, 3.05) is 27.3 Å². The molecule has 15 nitrogen and oxygen atoms in total. The number of carbonyl (C=O) groups is 4. The molecule has 2 heterocycles. The first kappa shape index (κ1) is 48.5. The number of carbonyl (C=O) groups excluding carboxylic acids is 4. The van der Waals surface area contributed by atoms with Gasteiger partial charge < -0.3 is 39.9 Å². The molecule has 1 aliphatic carbocycles. The maximum absolute atomic E-state index is 14.2. The first-order valence-electron chi connectivity index (χ1n) is 22.4. The van der Waals surface area contributed by atoms with Crippen LogP contribution in [0.1, 0.15) is 85.4 Å². The van der Waals surface area contributed by atoms with E-state index in [1.165, 1.54) is 14.2 Å². The molecular weight excluding hydrogens is 835 g/mol. The van der Waals surface area contributed by atoms with Crippen LogP contribution in [0.3, 0.4) is 0 Å². The zero-order valence-electron chi connectivity index (χ0n) is 39.5. The van der Waals surface area contributed by atoms with E-state index >= 15 is 0 Å². The van der Waals surface area contributed by atoms with Crippen LogP contribution in [0.5, 0.6) is 0 Å². The number of H-pyrrole nitrogens is 2. The zero-order valence-corrected chi connectivity index (χ0v) is 39.5. The molecule has 6 rings (SSSR count). The Labute approximate surface area is 387 Å². The van der Waals surface area contributed by atoms with E-state index in [9.17, 15) is 24.4 Å². The van der Waals surface area contributed by atoms with Crippen molar-refractivity contribution in [2.45, 2.75) is 92.4 Å². The standard InChI is InChI=1S/C51H63N9O6/c1-11-51(21-22-51)30-59(46(61)43(31(2)3)57-48(63)65-9)29-42-53-26-41(55-42)39-19-18-37-24-36(16-17-38(37)25-39)34-12-14-35(15-13-34)40-27-54-45(56-40)33(5)60(28-32(4)20-23-52)47(62)44(50(6,7)8)58-49(64)66-10/h11-19,24-27,31-33,43-44H,1,20-22,28-30H2,2-10H3,(H,53,55)(H,54,56)(H,57,63)(H,58,64)/t32-,33+,43+,44-/m1/s1. The lowest BCUT2D eigenvalue weighted by atomic mass is 9.85. The second-order valence-corrected chi connectivity index (χ2v) is 19.0. The number of hydrogen-bond donors (Lipinski definition) is 4. The fourth-order valence-corrected chi connectivity index (χ4v) is 8.11. The summed E-state index contributed by atoms with van der Waals surface area (Å²) in [7, 11) is 2.55. The van der Waals surface area contributed by atoms with Gasteiger partial charge in [-0.05, 0) is 76.6 Å². The number of hydrogen-bond acceptors (Lipinski definition) is 9. The molecule has 0 unspecified atom stereocenters. The summed E-state index contributed by atoms with van der Waals surface area (Å²) in [4.78, 5) is 72.2. The van der Waals surface area contributed by atoms with Crippen molar-refractivity contribution in [3.63, 3.8) is 0 Å². The van der Waals surface area contributed by atoms with Gasteiger partial charge in [0.2, 0.25) is 11.8 Å². The third-order valence-electron chi connectivity index (χ3n) is 12.4. The van der Waals surface area contributed by atoms with Gasteiger partial charge in [0.1, 0.15) is 23.7 Å². The molecule has 4 amide bonds. The van der Waals surface area contributed by atoms with Crippen LogP contribution in [0.25, 0.3) is 44.4 Å². The smallest absolute Gasteiger partial charge is 0.407 e. The molecule has 0 spiro atoms. The number of aromatic nitrogens is 4. The summed E-state index contributed by atoms with van der Waals surface area (Å²) in [6, 6.07) is 20.9. The van der Waals surface area contributed by atoms with Gasteiger partial charge in [0.05, 0.1) is 56.7 Å². The number of nitriles is 1. The second kappa shape index (κ2) is 20.5. The minimum absolute atomic E-state index is 0.114.